The van der Waals surface area contributed by atoms with E-state index in [1.165, 1.54) is 0 Å². The second-order valence-electron chi connectivity index (χ2n) is 5.02. The van der Waals surface area contributed by atoms with E-state index in [4.69, 9.17) is 5.73 Å². The summed E-state index contributed by atoms with van der Waals surface area (Å²) in [7, 11) is 0. The third-order valence-corrected chi connectivity index (χ3v) is 3.50. The summed E-state index contributed by atoms with van der Waals surface area (Å²) in [6.07, 6.45) is 0. The quantitative estimate of drug-likeness (QED) is 0.636. The number of rotatable bonds is 3. The Morgan fingerprint density at radius 1 is 1.00 bits per heavy atom. The molecule has 0 unspecified atom stereocenters. The summed E-state index contributed by atoms with van der Waals surface area (Å²) in [5.74, 6) is 1.79. The van der Waals surface area contributed by atoms with Crippen LogP contribution >= 0.6 is 34.0 Å². The van der Waals surface area contributed by atoms with E-state index in [2.05, 4.69) is 4.98 Å². The first-order valence-corrected chi connectivity index (χ1v) is 6.81. The summed E-state index contributed by atoms with van der Waals surface area (Å²) in [5, 5.41) is 9.37. The number of phenols is 1. The summed E-state index contributed by atoms with van der Waals surface area (Å²) in [6.45, 7) is 2.53. The van der Waals surface area contributed by atoms with Gasteiger partial charge in [-0.15, -0.1) is 34.0 Å². The Bertz CT molecular complexity index is 756. The smallest absolute Gasteiger partial charge is 0.142 e. The van der Waals surface area contributed by atoms with Crippen LogP contribution < -0.4 is 5.73 Å². The summed E-state index contributed by atoms with van der Waals surface area (Å²) in [6, 6.07) is 17.1. The maximum Gasteiger partial charge on any atom is 0.142 e. The lowest BCUT2D eigenvalue weighted by molar-refractivity contribution is 0.475. The second kappa shape index (κ2) is 8.17. The minimum absolute atomic E-state index is 0. The van der Waals surface area contributed by atoms with Crippen LogP contribution in [0.5, 0.6) is 5.75 Å². The van der Waals surface area contributed by atoms with E-state index in [0.29, 0.717) is 12.4 Å². The molecule has 0 bridgehead atoms. The molecular formula is C17H19Br2N3O. The summed E-state index contributed by atoms with van der Waals surface area (Å²) < 4.78 is 2.00. The van der Waals surface area contributed by atoms with Crippen molar-refractivity contribution in [2.24, 2.45) is 0 Å². The zero-order valence-electron chi connectivity index (χ0n) is 12.6. The van der Waals surface area contributed by atoms with Gasteiger partial charge in [0.15, 0.2) is 0 Å². The standard InChI is InChI=1S/C17H17N3O.2BrH/c1-12-16(18)20(11-13-7-9-15(21)10-8-13)17(19-12)14-5-3-2-4-6-14;;/h2-10,21H,11,18H2,1H3;2*1H. The number of nitrogen functional groups attached to an aromatic ring is 1. The van der Waals surface area contributed by atoms with Gasteiger partial charge in [-0.2, -0.15) is 0 Å². The Labute approximate surface area is 156 Å². The largest absolute Gasteiger partial charge is 0.508 e. The summed E-state index contributed by atoms with van der Waals surface area (Å²) in [4.78, 5) is 4.58. The molecule has 0 fully saturated rings. The molecule has 0 atom stereocenters. The topological polar surface area (TPSA) is 64.1 Å². The van der Waals surface area contributed by atoms with Gasteiger partial charge in [0.1, 0.15) is 17.4 Å². The van der Waals surface area contributed by atoms with Gasteiger partial charge in [0, 0.05) is 5.56 Å². The van der Waals surface area contributed by atoms with Gasteiger partial charge in [-0.1, -0.05) is 42.5 Å². The van der Waals surface area contributed by atoms with Gasteiger partial charge >= 0.3 is 0 Å². The second-order valence-corrected chi connectivity index (χ2v) is 5.02. The van der Waals surface area contributed by atoms with Crippen molar-refractivity contribution < 1.29 is 5.11 Å². The monoisotopic (exact) mass is 439 g/mol. The van der Waals surface area contributed by atoms with Gasteiger partial charge < -0.3 is 15.4 Å². The fraction of sp³-hybridized carbons (Fsp3) is 0.118. The zero-order valence-corrected chi connectivity index (χ0v) is 16.1. The van der Waals surface area contributed by atoms with Crippen LogP contribution in [0, 0.1) is 6.92 Å². The first kappa shape index (κ1) is 19.3. The van der Waals surface area contributed by atoms with E-state index in [1.807, 2.05) is 54.0 Å². The normalized spacial score (nSPS) is 9.78. The van der Waals surface area contributed by atoms with Crippen molar-refractivity contribution in [3.8, 4) is 17.1 Å². The highest BCUT2D eigenvalue weighted by atomic mass is 79.9. The number of aromatic hydroxyl groups is 1. The number of hydrogen-bond acceptors (Lipinski definition) is 3. The highest BCUT2D eigenvalue weighted by molar-refractivity contribution is 8.93. The number of hydrogen-bond donors (Lipinski definition) is 2. The van der Waals surface area contributed by atoms with Crippen molar-refractivity contribution in [3.05, 3.63) is 65.9 Å². The molecular weight excluding hydrogens is 422 g/mol. The minimum Gasteiger partial charge on any atom is -0.508 e. The van der Waals surface area contributed by atoms with Gasteiger partial charge in [0.2, 0.25) is 0 Å². The van der Waals surface area contributed by atoms with Crippen molar-refractivity contribution in [3.63, 3.8) is 0 Å². The molecule has 3 N–H and O–H groups in total. The van der Waals surface area contributed by atoms with E-state index in [1.54, 1.807) is 12.1 Å². The highest BCUT2D eigenvalue weighted by Crippen LogP contribution is 2.25. The molecule has 0 aliphatic heterocycles. The Kier molecular flexibility index (Phi) is 6.84. The molecule has 1 aromatic heterocycles. The lowest BCUT2D eigenvalue weighted by atomic mass is 10.2. The molecule has 0 radical (unpaired) electrons. The molecule has 0 aliphatic rings. The lowest BCUT2D eigenvalue weighted by Gasteiger charge is -2.10. The van der Waals surface area contributed by atoms with E-state index in [9.17, 15) is 5.11 Å². The Balaban J connectivity index is 0.00000132. The lowest BCUT2D eigenvalue weighted by Crippen LogP contribution is -2.06. The number of nitrogens with zero attached hydrogens (tertiary/aromatic N) is 2. The number of nitrogens with two attached hydrogens (primary N) is 1. The highest BCUT2D eigenvalue weighted by Gasteiger charge is 2.13. The SMILES string of the molecule is Br.Br.Cc1nc(-c2ccccc2)n(Cc2ccc(O)cc2)c1N. The van der Waals surface area contributed by atoms with Crippen LogP contribution in [0.2, 0.25) is 0 Å². The molecule has 3 rings (SSSR count). The maximum absolute atomic E-state index is 9.37. The van der Waals surface area contributed by atoms with E-state index >= 15 is 0 Å². The Morgan fingerprint density at radius 2 is 1.61 bits per heavy atom. The summed E-state index contributed by atoms with van der Waals surface area (Å²) in [5.41, 5.74) is 9.10. The molecule has 0 spiro atoms. The van der Waals surface area contributed by atoms with Crippen molar-refractivity contribution in [2.75, 3.05) is 5.73 Å². The molecule has 6 heteroatoms. The van der Waals surface area contributed by atoms with Crippen molar-refractivity contribution in [1.29, 1.82) is 0 Å². The number of phenolic OH excluding ortho intramolecular Hbond substituents is 1. The van der Waals surface area contributed by atoms with Gasteiger partial charge in [-0.05, 0) is 24.6 Å². The Hall–Kier alpha value is -1.79. The van der Waals surface area contributed by atoms with E-state index in [-0.39, 0.29) is 39.7 Å². The van der Waals surface area contributed by atoms with Crippen LogP contribution in [-0.2, 0) is 6.54 Å². The molecule has 2 aromatic carbocycles. The molecule has 4 nitrogen and oxygen atoms in total. The van der Waals surface area contributed by atoms with Gasteiger partial charge in [0.05, 0.1) is 12.2 Å². The first-order chi connectivity index (χ1) is 10.1. The van der Waals surface area contributed by atoms with Crippen LogP contribution in [0.1, 0.15) is 11.3 Å². The maximum atomic E-state index is 9.37. The van der Waals surface area contributed by atoms with E-state index in [0.717, 1.165) is 22.6 Å². The number of anilines is 1. The van der Waals surface area contributed by atoms with Crippen LogP contribution in [0.25, 0.3) is 11.4 Å². The molecule has 0 saturated carbocycles. The molecule has 0 amide bonds. The predicted molar refractivity (Wildman–Crippen MR) is 105 cm³/mol. The molecule has 1 heterocycles. The zero-order chi connectivity index (χ0) is 14.8. The number of aryl methyl sites for hydroxylation is 1. The van der Waals surface area contributed by atoms with Crippen molar-refractivity contribution in [1.82, 2.24) is 9.55 Å². The third kappa shape index (κ3) is 4.14. The third-order valence-electron chi connectivity index (χ3n) is 3.50. The molecule has 0 saturated heterocycles. The van der Waals surface area contributed by atoms with Gasteiger partial charge in [0.25, 0.3) is 0 Å². The first-order valence-electron chi connectivity index (χ1n) is 6.81. The molecule has 3 aromatic rings. The number of benzene rings is 2. The number of halogens is 2. The van der Waals surface area contributed by atoms with Crippen LogP contribution in [-0.4, -0.2) is 14.7 Å². The molecule has 0 aliphatic carbocycles. The van der Waals surface area contributed by atoms with Crippen LogP contribution in [0.15, 0.2) is 54.6 Å². The fourth-order valence-corrected chi connectivity index (χ4v) is 2.34. The summed E-state index contributed by atoms with van der Waals surface area (Å²) >= 11 is 0. The van der Waals surface area contributed by atoms with E-state index < -0.39 is 0 Å². The average molecular weight is 441 g/mol. The van der Waals surface area contributed by atoms with Crippen molar-refractivity contribution in [2.45, 2.75) is 13.5 Å². The van der Waals surface area contributed by atoms with Gasteiger partial charge in [-0.3, -0.25) is 0 Å². The number of imidazole rings is 1. The molecule has 23 heavy (non-hydrogen) atoms. The Morgan fingerprint density at radius 3 is 2.22 bits per heavy atom. The van der Waals surface area contributed by atoms with Gasteiger partial charge in [-0.25, -0.2) is 4.98 Å². The molecule has 122 valence electrons. The van der Waals surface area contributed by atoms with Crippen LogP contribution in [0.4, 0.5) is 5.82 Å². The van der Waals surface area contributed by atoms with Crippen molar-refractivity contribution >= 4 is 39.8 Å². The average Bonchev–Trinajstić information content (AvgIpc) is 2.79. The fourth-order valence-electron chi connectivity index (χ4n) is 2.34. The minimum atomic E-state index is 0. The van der Waals surface area contributed by atoms with Crippen LogP contribution in [0.3, 0.4) is 0 Å². The predicted octanol–water partition coefficient (Wildman–Crippen LogP) is 4.35. The number of aromatic nitrogens is 2.